The lowest BCUT2D eigenvalue weighted by molar-refractivity contribution is 0.102. The Kier molecular flexibility index (Phi) is 10.5. The van der Waals surface area contributed by atoms with Gasteiger partial charge in [-0.25, -0.2) is 15.0 Å². The number of pyridine rings is 1. The number of aromatic nitrogens is 3. The van der Waals surface area contributed by atoms with Crippen LogP contribution in [0.3, 0.4) is 0 Å². The molecule has 0 saturated heterocycles. The smallest absolute Gasteiger partial charge is 0.258 e. The van der Waals surface area contributed by atoms with E-state index in [-0.39, 0.29) is 10.7 Å². The Labute approximate surface area is 247 Å². The summed E-state index contributed by atoms with van der Waals surface area (Å²) in [7, 11) is 1.50. The number of thiophene rings is 1. The van der Waals surface area contributed by atoms with E-state index in [1.165, 1.54) is 24.8 Å². The summed E-state index contributed by atoms with van der Waals surface area (Å²) in [5, 5.41) is 8.34. The zero-order chi connectivity index (χ0) is 28.6. The summed E-state index contributed by atoms with van der Waals surface area (Å²) in [4.78, 5) is 28.8. The van der Waals surface area contributed by atoms with Gasteiger partial charge >= 0.3 is 0 Å². The van der Waals surface area contributed by atoms with E-state index in [0.29, 0.717) is 51.4 Å². The molecule has 0 aliphatic heterocycles. The van der Waals surface area contributed by atoms with E-state index in [4.69, 9.17) is 32.7 Å². The minimum atomic E-state index is -0.396. The van der Waals surface area contributed by atoms with Crippen molar-refractivity contribution in [2.75, 3.05) is 44.0 Å². The van der Waals surface area contributed by atoms with Gasteiger partial charge in [0.05, 0.1) is 40.2 Å². The van der Waals surface area contributed by atoms with Crippen LogP contribution in [0.5, 0.6) is 5.75 Å². The van der Waals surface area contributed by atoms with E-state index in [9.17, 15) is 4.79 Å². The standard InChI is InChI=1S/C28H32Cl2N6O3S/c1-5-36(6-2)10-7-11-39-14-18-8-9-21(31-13-18)34-27-26-24(32-16-33-27)19(15-40-26)28(37)35-25-22(29)17(3)12-20(38-4)23(25)30/h8-9,12-13,15-16H,5-7,10-11,14H2,1-4H3,(H,35,37)(H,31,32,33,34). The molecule has 0 aliphatic rings. The molecule has 0 unspecified atom stereocenters. The van der Waals surface area contributed by atoms with E-state index in [0.717, 1.165) is 37.2 Å². The number of carbonyl (C=O) groups is 1. The van der Waals surface area contributed by atoms with E-state index < -0.39 is 5.91 Å². The van der Waals surface area contributed by atoms with E-state index in [1.54, 1.807) is 17.6 Å². The molecule has 212 valence electrons. The Bertz CT molecular complexity index is 1460. The van der Waals surface area contributed by atoms with Gasteiger partial charge in [0, 0.05) is 24.7 Å². The van der Waals surface area contributed by atoms with Gasteiger partial charge in [-0.3, -0.25) is 4.79 Å². The SMILES string of the molecule is CCN(CC)CCCOCc1ccc(Nc2ncnc3c(C(=O)Nc4c(Cl)c(C)cc(OC)c4Cl)csc23)nc1. The molecule has 12 heteroatoms. The van der Waals surface area contributed by atoms with E-state index in [1.807, 2.05) is 19.1 Å². The van der Waals surface area contributed by atoms with Gasteiger partial charge in [-0.1, -0.05) is 43.1 Å². The third kappa shape index (κ3) is 7.00. The summed E-state index contributed by atoms with van der Waals surface area (Å²) < 4.78 is 11.8. The third-order valence-corrected chi connectivity index (χ3v) is 8.24. The Morgan fingerprint density at radius 3 is 2.62 bits per heavy atom. The van der Waals surface area contributed by atoms with Crippen molar-refractivity contribution in [2.24, 2.45) is 0 Å². The van der Waals surface area contributed by atoms with Crippen LogP contribution < -0.4 is 15.4 Å². The van der Waals surface area contributed by atoms with Gasteiger partial charge in [0.2, 0.25) is 0 Å². The molecule has 0 bridgehead atoms. The van der Waals surface area contributed by atoms with Crippen molar-refractivity contribution in [3.63, 3.8) is 0 Å². The Morgan fingerprint density at radius 2 is 1.93 bits per heavy atom. The highest BCUT2D eigenvalue weighted by Gasteiger charge is 2.21. The summed E-state index contributed by atoms with van der Waals surface area (Å²) in [6.07, 6.45) is 4.19. The molecule has 1 amide bonds. The van der Waals surface area contributed by atoms with Gasteiger partial charge in [0.1, 0.15) is 22.9 Å². The molecule has 4 aromatic rings. The Balaban J connectivity index is 1.42. The summed E-state index contributed by atoms with van der Waals surface area (Å²) in [5.41, 5.74) is 2.87. The highest BCUT2D eigenvalue weighted by Crippen LogP contribution is 2.41. The first-order valence-electron chi connectivity index (χ1n) is 12.9. The monoisotopic (exact) mass is 602 g/mol. The second-order valence-corrected chi connectivity index (χ2v) is 10.6. The quantitative estimate of drug-likeness (QED) is 0.158. The first-order chi connectivity index (χ1) is 19.4. The number of nitrogens with zero attached hydrogens (tertiary/aromatic N) is 4. The highest BCUT2D eigenvalue weighted by atomic mass is 35.5. The summed E-state index contributed by atoms with van der Waals surface area (Å²) >= 11 is 14.2. The second-order valence-electron chi connectivity index (χ2n) is 9.01. The van der Waals surface area contributed by atoms with E-state index >= 15 is 0 Å². The maximum absolute atomic E-state index is 13.2. The topological polar surface area (TPSA) is 102 Å². The number of hydrogen-bond donors (Lipinski definition) is 2. The summed E-state index contributed by atoms with van der Waals surface area (Å²) in [6.45, 7) is 10.5. The lowest BCUT2D eigenvalue weighted by atomic mass is 10.2. The fourth-order valence-electron chi connectivity index (χ4n) is 4.11. The largest absolute Gasteiger partial charge is 0.495 e. The molecule has 3 heterocycles. The number of methoxy groups -OCH3 is 1. The average molecular weight is 604 g/mol. The molecule has 2 N–H and O–H groups in total. The molecule has 40 heavy (non-hydrogen) atoms. The van der Waals surface area contributed by atoms with Crippen LogP contribution in [-0.4, -0.2) is 59.1 Å². The van der Waals surface area contributed by atoms with Crippen molar-refractivity contribution < 1.29 is 14.3 Å². The zero-order valence-electron chi connectivity index (χ0n) is 22.9. The van der Waals surface area contributed by atoms with Crippen LogP contribution in [0.1, 0.15) is 41.8 Å². The van der Waals surface area contributed by atoms with Crippen LogP contribution in [0.15, 0.2) is 36.1 Å². The molecular formula is C28H32Cl2N6O3S. The first kappa shape index (κ1) is 30.0. The number of halogens is 2. The van der Waals surface area contributed by atoms with Gasteiger partial charge in [-0.05, 0) is 49.7 Å². The number of amides is 1. The van der Waals surface area contributed by atoms with Gasteiger partial charge in [0.15, 0.2) is 5.82 Å². The summed E-state index contributed by atoms with van der Waals surface area (Å²) in [5.74, 6) is 1.19. The number of fused-ring (bicyclic) bond motifs is 1. The lowest BCUT2D eigenvalue weighted by Crippen LogP contribution is -2.24. The number of nitrogens with one attached hydrogen (secondary N) is 2. The van der Waals surface area contributed by atoms with Crippen molar-refractivity contribution in [3.8, 4) is 5.75 Å². The predicted octanol–water partition coefficient (Wildman–Crippen LogP) is 6.95. The maximum atomic E-state index is 13.2. The molecule has 0 spiro atoms. The molecule has 0 atom stereocenters. The Morgan fingerprint density at radius 1 is 1.12 bits per heavy atom. The lowest BCUT2D eigenvalue weighted by Gasteiger charge is -2.17. The highest BCUT2D eigenvalue weighted by molar-refractivity contribution is 7.18. The molecule has 9 nitrogen and oxygen atoms in total. The van der Waals surface area contributed by atoms with Crippen LogP contribution in [0.2, 0.25) is 10.0 Å². The fraction of sp³-hybridized carbons (Fsp3) is 0.357. The number of aryl methyl sites for hydroxylation is 1. The van der Waals surface area contributed by atoms with Crippen LogP contribution >= 0.6 is 34.5 Å². The van der Waals surface area contributed by atoms with Crippen molar-refractivity contribution in [1.82, 2.24) is 19.9 Å². The Hall–Kier alpha value is -3.02. The number of carbonyl (C=O) groups excluding carboxylic acids is 1. The van der Waals surface area contributed by atoms with Crippen LogP contribution in [-0.2, 0) is 11.3 Å². The van der Waals surface area contributed by atoms with Gasteiger partial charge in [0.25, 0.3) is 5.91 Å². The second kappa shape index (κ2) is 14.0. The molecular weight excluding hydrogens is 571 g/mol. The number of benzene rings is 1. The summed E-state index contributed by atoms with van der Waals surface area (Å²) in [6, 6.07) is 5.56. The van der Waals surface area contributed by atoms with Crippen molar-refractivity contribution >= 4 is 68.0 Å². The molecule has 3 aromatic heterocycles. The van der Waals surface area contributed by atoms with Gasteiger partial charge < -0.3 is 25.0 Å². The van der Waals surface area contributed by atoms with Crippen molar-refractivity contribution in [3.05, 3.63) is 62.8 Å². The van der Waals surface area contributed by atoms with Crippen LogP contribution in [0, 0.1) is 6.92 Å². The number of anilines is 3. The van der Waals surface area contributed by atoms with Crippen LogP contribution in [0.25, 0.3) is 10.2 Å². The van der Waals surface area contributed by atoms with Crippen LogP contribution in [0.4, 0.5) is 17.3 Å². The minimum absolute atomic E-state index is 0.225. The van der Waals surface area contributed by atoms with Gasteiger partial charge in [-0.2, -0.15) is 0 Å². The molecule has 0 saturated carbocycles. The molecule has 1 aromatic carbocycles. The van der Waals surface area contributed by atoms with Crippen molar-refractivity contribution in [2.45, 2.75) is 33.8 Å². The number of ether oxygens (including phenoxy) is 2. The fourth-order valence-corrected chi connectivity index (χ4v) is 5.57. The molecule has 4 rings (SSSR count). The first-order valence-corrected chi connectivity index (χ1v) is 14.6. The number of rotatable bonds is 13. The predicted molar refractivity (Wildman–Crippen MR) is 163 cm³/mol. The average Bonchev–Trinajstić information content (AvgIpc) is 3.41. The van der Waals surface area contributed by atoms with E-state index in [2.05, 4.69) is 44.3 Å². The van der Waals surface area contributed by atoms with Gasteiger partial charge in [-0.15, -0.1) is 11.3 Å². The maximum Gasteiger partial charge on any atom is 0.258 e. The molecule has 0 fully saturated rings. The minimum Gasteiger partial charge on any atom is -0.495 e. The molecule has 0 radical (unpaired) electrons. The number of hydrogen-bond acceptors (Lipinski definition) is 9. The third-order valence-electron chi connectivity index (χ3n) is 6.40. The van der Waals surface area contributed by atoms with Crippen molar-refractivity contribution in [1.29, 1.82) is 0 Å². The zero-order valence-corrected chi connectivity index (χ0v) is 25.2. The molecule has 0 aliphatic carbocycles. The normalized spacial score (nSPS) is 11.3.